The van der Waals surface area contributed by atoms with E-state index >= 15 is 4.39 Å². The highest BCUT2D eigenvalue weighted by Crippen LogP contribution is 2.30. The highest BCUT2D eigenvalue weighted by molar-refractivity contribution is 5.92. The van der Waals surface area contributed by atoms with Gasteiger partial charge < -0.3 is 20.1 Å². The molecule has 2 aromatic carbocycles. The highest BCUT2D eigenvalue weighted by Gasteiger charge is 2.24. The Labute approximate surface area is 231 Å². The summed E-state index contributed by atoms with van der Waals surface area (Å²) in [6.45, 7) is 10.9. The molecule has 0 bridgehead atoms. The molecule has 3 aromatic heterocycles. The minimum Gasteiger partial charge on any atom is -0.385 e. The first-order valence-electron chi connectivity index (χ1n) is 13.2. The summed E-state index contributed by atoms with van der Waals surface area (Å²) in [7, 11) is 0. The lowest BCUT2D eigenvalue weighted by Gasteiger charge is -2.10. The summed E-state index contributed by atoms with van der Waals surface area (Å²) in [5, 5.41) is 9.93. The molecule has 0 spiro atoms. The standard InChI is InChI=1S/C30H32FN7O2/c1-17(2)15-33-21-8-6-7-19(13-21)25-35-24-22(11-12-32-26(24)36-25)18-9-10-20(23(31)14-18)16-34-27(39)28-37-29(38-40-28)30(3,4)5/h6-14,17,33H,15-16H2,1-5H3,(H,34,39)(H,32,35,36). The number of hydrogen-bond acceptors (Lipinski definition) is 7. The van der Waals surface area contributed by atoms with Gasteiger partial charge in [-0.05, 0) is 35.7 Å². The molecule has 0 atom stereocenters. The molecule has 0 saturated heterocycles. The normalized spacial score (nSPS) is 11.8. The molecule has 10 heteroatoms. The minimum atomic E-state index is -0.559. The number of nitrogens with one attached hydrogen (secondary N) is 3. The van der Waals surface area contributed by atoms with E-state index in [0.717, 1.165) is 23.4 Å². The van der Waals surface area contributed by atoms with Crippen LogP contribution in [0.3, 0.4) is 0 Å². The van der Waals surface area contributed by atoms with Gasteiger partial charge in [0, 0.05) is 47.1 Å². The number of halogens is 1. The van der Waals surface area contributed by atoms with Crippen molar-refractivity contribution in [2.75, 3.05) is 11.9 Å². The van der Waals surface area contributed by atoms with E-state index in [1.807, 2.05) is 51.1 Å². The van der Waals surface area contributed by atoms with Crippen molar-refractivity contribution < 1.29 is 13.7 Å². The van der Waals surface area contributed by atoms with Gasteiger partial charge in [-0.1, -0.05) is 64.0 Å². The maximum absolute atomic E-state index is 15.1. The van der Waals surface area contributed by atoms with Crippen molar-refractivity contribution >= 4 is 22.8 Å². The number of imidazole rings is 1. The van der Waals surface area contributed by atoms with Crippen molar-refractivity contribution in [3.05, 3.63) is 77.8 Å². The summed E-state index contributed by atoms with van der Waals surface area (Å²) in [6, 6.07) is 14.7. The van der Waals surface area contributed by atoms with E-state index in [9.17, 15) is 4.79 Å². The Morgan fingerprint density at radius 2 is 1.90 bits per heavy atom. The predicted octanol–water partition coefficient (Wildman–Crippen LogP) is 6.11. The molecule has 0 radical (unpaired) electrons. The van der Waals surface area contributed by atoms with Crippen LogP contribution in [0.15, 0.2) is 59.3 Å². The van der Waals surface area contributed by atoms with Gasteiger partial charge in [0.2, 0.25) is 0 Å². The van der Waals surface area contributed by atoms with Crippen molar-refractivity contribution in [1.82, 2.24) is 30.4 Å². The summed E-state index contributed by atoms with van der Waals surface area (Å²) < 4.78 is 20.2. The van der Waals surface area contributed by atoms with Crippen molar-refractivity contribution in [3.63, 3.8) is 0 Å². The maximum Gasteiger partial charge on any atom is 0.315 e. The van der Waals surface area contributed by atoms with Crippen molar-refractivity contribution in [1.29, 1.82) is 0 Å². The number of H-pyrrole nitrogens is 1. The van der Waals surface area contributed by atoms with Gasteiger partial charge in [0.25, 0.3) is 0 Å². The number of fused-ring (bicyclic) bond motifs is 1. The molecule has 0 aliphatic carbocycles. The van der Waals surface area contributed by atoms with Gasteiger partial charge in [-0.2, -0.15) is 4.98 Å². The Morgan fingerprint density at radius 3 is 2.62 bits per heavy atom. The van der Waals surface area contributed by atoms with Crippen molar-refractivity contribution in [3.8, 4) is 22.5 Å². The Bertz CT molecular complexity index is 1670. The Morgan fingerprint density at radius 1 is 1.07 bits per heavy atom. The van der Waals surface area contributed by atoms with Gasteiger partial charge in [0.1, 0.15) is 11.6 Å². The van der Waals surface area contributed by atoms with Gasteiger partial charge >= 0.3 is 11.8 Å². The first-order valence-corrected chi connectivity index (χ1v) is 13.2. The van der Waals surface area contributed by atoms with Crippen LogP contribution in [0.1, 0.15) is 56.7 Å². The molecule has 0 fully saturated rings. The number of amides is 1. The number of anilines is 1. The molecule has 5 rings (SSSR count). The van der Waals surface area contributed by atoms with E-state index in [4.69, 9.17) is 4.52 Å². The average Bonchev–Trinajstić information content (AvgIpc) is 3.59. The molecule has 0 aliphatic rings. The second kappa shape index (κ2) is 10.9. The summed E-state index contributed by atoms with van der Waals surface area (Å²) >= 11 is 0. The number of carbonyl (C=O) groups is 1. The zero-order chi connectivity index (χ0) is 28.4. The van der Waals surface area contributed by atoms with Gasteiger partial charge in [-0.25, -0.2) is 14.4 Å². The van der Waals surface area contributed by atoms with Crippen LogP contribution in [0.4, 0.5) is 10.1 Å². The summed E-state index contributed by atoms with van der Waals surface area (Å²) in [6.07, 6.45) is 1.66. The quantitative estimate of drug-likeness (QED) is 0.217. The number of aromatic nitrogens is 5. The number of aromatic amines is 1. The fraction of sp³-hybridized carbons (Fsp3) is 0.300. The summed E-state index contributed by atoms with van der Waals surface area (Å²) in [4.78, 5) is 29.1. The average molecular weight is 542 g/mol. The van der Waals surface area contributed by atoms with Gasteiger partial charge in [0.05, 0.1) is 5.52 Å². The second-order valence-corrected chi connectivity index (χ2v) is 11.2. The molecule has 206 valence electrons. The monoisotopic (exact) mass is 541 g/mol. The van der Waals surface area contributed by atoms with E-state index in [0.29, 0.717) is 39.9 Å². The maximum atomic E-state index is 15.1. The molecule has 9 nitrogen and oxygen atoms in total. The number of benzene rings is 2. The van der Waals surface area contributed by atoms with Crippen LogP contribution in [0, 0.1) is 11.7 Å². The second-order valence-electron chi connectivity index (χ2n) is 11.2. The van der Waals surface area contributed by atoms with Crippen LogP contribution >= 0.6 is 0 Å². The van der Waals surface area contributed by atoms with Crippen molar-refractivity contribution in [2.45, 2.75) is 46.6 Å². The van der Waals surface area contributed by atoms with Crippen LogP contribution < -0.4 is 10.6 Å². The Balaban J connectivity index is 1.34. The van der Waals surface area contributed by atoms with Crippen LogP contribution in [-0.4, -0.2) is 37.5 Å². The molecule has 0 unspecified atom stereocenters. The zero-order valence-corrected chi connectivity index (χ0v) is 23.2. The molecular weight excluding hydrogens is 509 g/mol. The number of pyridine rings is 1. The van der Waals surface area contributed by atoms with Crippen LogP contribution in [0.25, 0.3) is 33.7 Å². The Hall–Kier alpha value is -4.60. The van der Waals surface area contributed by atoms with Gasteiger partial charge in [0.15, 0.2) is 11.5 Å². The smallest absolute Gasteiger partial charge is 0.315 e. The molecule has 3 N–H and O–H groups in total. The van der Waals surface area contributed by atoms with Gasteiger partial charge in [-0.15, -0.1) is 0 Å². The van der Waals surface area contributed by atoms with E-state index in [1.165, 1.54) is 6.07 Å². The van der Waals surface area contributed by atoms with Crippen LogP contribution in [-0.2, 0) is 12.0 Å². The molecule has 5 aromatic rings. The van der Waals surface area contributed by atoms with Crippen LogP contribution in [0.2, 0.25) is 0 Å². The first kappa shape index (κ1) is 27.0. The lowest BCUT2D eigenvalue weighted by Crippen LogP contribution is -2.24. The lowest BCUT2D eigenvalue weighted by molar-refractivity contribution is 0.0906. The molecule has 3 heterocycles. The molecule has 0 aliphatic heterocycles. The lowest BCUT2D eigenvalue weighted by atomic mass is 9.96. The van der Waals surface area contributed by atoms with Gasteiger partial charge in [-0.3, -0.25) is 4.79 Å². The largest absolute Gasteiger partial charge is 0.385 e. The fourth-order valence-electron chi connectivity index (χ4n) is 4.12. The fourth-order valence-corrected chi connectivity index (χ4v) is 4.12. The van der Waals surface area contributed by atoms with Crippen LogP contribution in [0.5, 0.6) is 0 Å². The number of nitrogens with zero attached hydrogens (tertiary/aromatic N) is 4. The number of hydrogen-bond donors (Lipinski definition) is 3. The third-order valence-corrected chi connectivity index (χ3v) is 6.34. The minimum absolute atomic E-state index is 0.0284. The SMILES string of the molecule is CC(C)CNc1cccc(-c2nc3nccc(-c4ccc(CNC(=O)c5nc(C(C)(C)C)no5)c(F)c4)c3[nH]2)c1. The van der Waals surface area contributed by atoms with E-state index in [-0.39, 0.29) is 17.9 Å². The third-order valence-electron chi connectivity index (χ3n) is 6.34. The third kappa shape index (κ3) is 5.85. The van der Waals surface area contributed by atoms with E-state index in [2.05, 4.69) is 49.6 Å². The number of rotatable bonds is 8. The van der Waals surface area contributed by atoms with E-state index in [1.54, 1.807) is 18.3 Å². The highest BCUT2D eigenvalue weighted by atomic mass is 19.1. The topological polar surface area (TPSA) is 122 Å². The first-order chi connectivity index (χ1) is 19.1. The Kier molecular flexibility index (Phi) is 7.34. The molecule has 0 saturated carbocycles. The predicted molar refractivity (Wildman–Crippen MR) is 152 cm³/mol. The van der Waals surface area contributed by atoms with Crippen molar-refractivity contribution in [2.24, 2.45) is 5.92 Å². The summed E-state index contributed by atoms with van der Waals surface area (Å²) in [5.74, 6) is 0.463. The van der Waals surface area contributed by atoms with E-state index < -0.39 is 11.7 Å². The zero-order valence-electron chi connectivity index (χ0n) is 23.2. The molecular formula is C30H32FN7O2. The molecule has 1 amide bonds. The summed E-state index contributed by atoms with van der Waals surface area (Å²) in [5.41, 5.74) is 4.59. The number of carbonyl (C=O) groups excluding carboxylic acids is 1. The molecule has 40 heavy (non-hydrogen) atoms.